The number of hydrogen-bond donors (Lipinski definition) is 1. The molecule has 0 atom stereocenters. The van der Waals surface area contributed by atoms with E-state index in [1.165, 1.54) is 11.1 Å². The molecule has 30 heavy (non-hydrogen) atoms. The van der Waals surface area contributed by atoms with Gasteiger partial charge in [0, 0.05) is 24.9 Å². The first kappa shape index (κ1) is 20.3. The van der Waals surface area contributed by atoms with Crippen LogP contribution in [0.2, 0.25) is 0 Å². The molecule has 0 aliphatic carbocycles. The average Bonchev–Trinajstić information content (AvgIpc) is 2.99. The molecule has 0 saturated heterocycles. The van der Waals surface area contributed by atoms with Gasteiger partial charge in [0.05, 0.1) is 11.9 Å². The highest BCUT2D eigenvalue weighted by atomic mass is 16.2. The van der Waals surface area contributed by atoms with Gasteiger partial charge >= 0.3 is 0 Å². The molecule has 158 valence electrons. The third-order valence-corrected chi connectivity index (χ3v) is 5.65. The van der Waals surface area contributed by atoms with Gasteiger partial charge in [0.2, 0.25) is 0 Å². The zero-order valence-electron chi connectivity index (χ0n) is 17.4. The molecular weight excluding hydrogens is 380 g/mol. The largest absolute Gasteiger partial charge is 0.343 e. The monoisotopic (exact) mass is 408 g/mol. The number of carbonyl (C=O) groups is 1. The fourth-order valence-electron chi connectivity index (χ4n) is 3.99. The van der Waals surface area contributed by atoms with E-state index in [0.29, 0.717) is 17.3 Å². The highest BCUT2D eigenvalue weighted by Crippen LogP contribution is 2.16. The summed E-state index contributed by atoms with van der Waals surface area (Å²) >= 11 is 0. The molecule has 3 heterocycles. The summed E-state index contributed by atoms with van der Waals surface area (Å²) in [6, 6.07) is 7.16. The van der Waals surface area contributed by atoms with Gasteiger partial charge in [0.25, 0.3) is 11.5 Å². The van der Waals surface area contributed by atoms with Crippen molar-refractivity contribution in [3.05, 3.63) is 52.0 Å². The zero-order chi connectivity index (χ0) is 20.9. The number of nitrogens with zero attached hydrogens (tertiary/aromatic N) is 5. The van der Waals surface area contributed by atoms with E-state index in [0.717, 1.165) is 56.7 Å². The van der Waals surface area contributed by atoms with E-state index in [4.69, 9.17) is 0 Å². The smallest absolute Gasteiger partial charge is 0.274 e. The summed E-state index contributed by atoms with van der Waals surface area (Å²) in [5.41, 5.74) is 0.123. The Kier molecular flexibility index (Phi) is 6.21. The van der Waals surface area contributed by atoms with Gasteiger partial charge in [-0.25, -0.2) is 4.68 Å². The van der Waals surface area contributed by atoms with E-state index >= 15 is 0 Å². The highest BCUT2D eigenvalue weighted by Gasteiger charge is 2.19. The molecule has 0 bridgehead atoms. The standard InChI is InChI=1S/C22H28N6O2/c1-2-3-8-14-28-22(30)17-11-7-6-10-16(17)20(26-28)21(29)23-15-19-25-24-18-12-5-4-9-13-27(18)19/h6-7,10-11H,2-5,8-9,12-15H2,1H3,(H,23,29). The van der Waals surface area contributed by atoms with Crippen LogP contribution in [0.3, 0.4) is 0 Å². The van der Waals surface area contributed by atoms with Crippen LogP contribution in [0.5, 0.6) is 0 Å². The maximum absolute atomic E-state index is 13.0. The Labute approximate surface area is 175 Å². The van der Waals surface area contributed by atoms with E-state index in [1.54, 1.807) is 12.1 Å². The Hall–Kier alpha value is -3.03. The molecule has 2 aromatic heterocycles. The van der Waals surface area contributed by atoms with E-state index in [9.17, 15) is 9.59 Å². The summed E-state index contributed by atoms with van der Waals surface area (Å²) in [6.07, 6.45) is 7.26. The number of benzene rings is 1. The summed E-state index contributed by atoms with van der Waals surface area (Å²) in [5.74, 6) is 1.45. The second-order valence-electron chi connectivity index (χ2n) is 7.81. The van der Waals surface area contributed by atoms with Crippen molar-refractivity contribution >= 4 is 16.7 Å². The number of fused-ring (bicyclic) bond motifs is 2. The summed E-state index contributed by atoms with van der Waals surface area (Å²) in [6.45, 7) is 3.80. The minimum Gasteiger partial charge on any atom is -0.343 e. The predicted molar refractivity (Wildman–Crippen MR) is 114 cm³/mol. The molecule has 0 radical (unpaired) electrons. The van der Waals surface area contributed by atoms with Gasteiger partial charge in [-0.2, -0.15) is 5.10 Å². The van der Waals surface area contributed by atoms with Crippen molar-refractivity contribution in [2.45, 2.75) is 71.5 Å². The van der Waals surface area contributed by atoms with E-state index < -0.39 is 0 Å². The number of carbonyl (C=O) groups excluding carboxylic acids is 1. The third kappa shape index (κ3) is 4.13. The minimum absolute atomic E-state index is 0.152. The number of unbranched alkanes of at least 4 members (excludes halogenated alkanes) is 2. The van der Waals surface area contributed by atoms with Crippen LogP contribution in [-0.2, 0) is 26.1 Å². The lowest BCUT2D eigenvalue weighted by molar-refractivity contribution is 0.0943. The van der Waals surface area contributed by atoms with Crippen molar-refractivity contribution in [1.82, 2.24) is 29.9 Å². The van der Waals surface area contributed by atoms with Gasteiger partial charge in [0.1, 0.15) is 5.82 Å². The molecule has 1 aromatic carbocycles. The van der Waals surface area contributed by atoms with E-state index in [1.807, 2.05) is 12.1 Å². The molecule has 1 aliphatic rings. The van der Waals surface area contributed by atoms with Crippen LogP contribution < -0.4 is 10.9 Å². The second-order valence-corrected chi connectivity index (χ2v) is 7.81. The maximum atomic E-state index is 13.0. The number of rotatable bonds is 7. The molecular formula is C22H28N6O2. The van der Waals surface area contributed by atoms with Crippen molar-refractivity contribution in [2.75, 3.05) is 0 Å². The first-order valence-corrected chi connectivity index (χ1v) is 10.9. The number of aryl methyl sites for hydroxylation is 2. The van der Waals surface area contributed by atoms with Crippen molar-refractivity contribution in [1.29, 1.82) is 0 Å². The Balaban J connectivity index is 1.59. The molecule has 8 nitrogen and oxygen atoms in total. The SMILES string of the molecule is CCCCCn1nc(C(=O)NCc2nnc3n2CCCCC3)c2ccccc2c1=O. The van der Waals surface area contributed by atoms with Crippen molar-refractivity contribution in [3.8, 4) is 0 Å². The quantitative estimate of drug-likeness (QED) is 0.607. The zero-order valence-corrected chi connectivity index (χ0v) is 17.4. The Morgan fingerprint density at radius 1 is 1.10 bits per heavy atom. The van der Waals surface area contributed by atoms with Gasteiger partial charge < -0.3 is 9.88 Å². The topological polar surface area (TPSA) is 94.7 Å². The fourth-order valence-corrected chi connectivity index (χ4v) is 3.99. The second kappa shape index (κ2) is 9.19. The Morgan fingerprint density at radius 3 is 2.77 bits per heavy atom. The van der Waals surface area contributed by atoms with Crippen molar-refractivity contribution in [3.63, 3.8) is 0 Å². The number of nitrogens with one attached hydrogen (secondary N) is 1. The first-order valence-electron chi connectivity index (χ1n) is 10.9. The molecule has 4 rings (SSSR count). The van der Waals surface area contributed by atoms with Crippen LogP contribution >= 0.6 is 0 Å². The molecule has 8 heteroatoms. The lowest BCUT2D eigenvalue weighted by Gasteiger charge is -2.12. The van der Waals surface area contributed by atoms with Gasteiger partial charge in [-0.15, -0.1) is 10.2 Å². The van der Waals surface area contributed by atoms with Crippen LogP contribution in [0.15, 0.2) is 29.1 Å². The average molecular weight is 409 g/mol. The molecule has 0 fully saturated rings. The van der Waals surface area contributed by atoms with Gasteiger partial charge in [0.15, 0.2) is 11.5 Å². The number of aromatic nitrogens is 5. The molecule has 0 saturated carbocycles. The van der Waals surface area contributed by atoms with Gasteiger partial charge in [-0.1, -0.05) is 44.4 Å². The predicted octanol–water partition coefficient (Wildman–Crippen LogP) is 2.83. The van der Waals surface area contributed by atoms with Crippen molar-refractivity contribution < 1.29 is 4.79 Å². The molecule has 1 N–H and O–H groups in total. The van der Waals surface area contributed by atoms with Crippen LogP contribution in [0.25, 0.3) is 10.8 Å². The van der Waals surface area contributed by atoms with E-state index in [2.05, 4.69) is 32.1 Å². The van der Waals surface area contributed by atoms with Gasteiger partial charge in [-0.3, -0.25) is 9.59 Å². The van der Waals surface area contributed by atoms with Crippen LogP contribution in [0.4, 0.5) is 0 Å². The van der Waals surface area contributed by atoms with E-state index in [-0.39, 0.29) is 23.7 Å². The van der Waals surface area contributed by atoms with Crippen LogP contribution in [0, 0.1) is 0 Å². The lowest BCUT2D eigenvalue weighted by Crippen LogP contribution is -2.31. The summed E-state index contributed by atoms with van der Waals surface area (Å²) in [7, 11) is 0. The summed E-state index contributed by atoms with van der Waals surface area (Å²) in [5, 5.41) is 17.0. The maximum Gasteiger partial charge on any atom is 0.274 e. The molecule has 0 spiro atoms. The first-order chi connectivity index (χ1) is 14.7. The van der Waals surface area contributed by atoms with Crippen LogP contribution in [0.1, 0.15) is 67.6 Å². The lowest BCUT2D eigenvalue weighted by atomic mass is 10.1. The Bertz CT molecular complexity index is 1100. The third-order valence-electron chi connectivity index (χ3n) is 5.65. The molecule has 0 unspecified atom stereocenters. The number of amides is 1. The van der Waals surface area contributed by atoms with Gasteiger partial charge in [-0.05, 0) is 25.3 Å². The fraction of sp³-hybridized carbons (Fsp3) is 0.500. The highest BCUT2D eigenvalue weighted by molar-refractivity contribution is 6.04. The Morgan fingerprint density at radius 2 is 1.93 bits per heavy atom. The molecule has 3 aromatic rings. The van der Waals surface area contributed by atoms with Crippen molar-refractivity contribution in [2.24, 2.45) is 0 Å². The normalized spacial score (nSPS) is 13.8. The molecule has 1 amide bonds. The van der Waals surface area contributed by atoms with Crippen LogP contribution in [-0.4, -0.2) is 30.5 Å². The molecule has 1 aliphatic heterocycles. The summed E-state index contributed by atoms with van der Waals surface area (Å²) < 4.78 is 3.54. The summed E-state index contributed by atoms with van der Waals surface area (Å²) in [4.78, 5) is 25.8. The number of hydrogen-bond acceptors (Lipinski definition) is 5. The minimum atomic E-state index is -0.304.